The van der Waals surface area contributed by atoms with Crippen LogP contribution in [0.2, 0.25) is 0 Å². The van der Waals surface area contributed by atoms with Gasteiger partial charge in [-0.25, -0.2) is 8.42 Å². The van der Waals surface area contributed by atoms with Gasteiger partial charge >= 0.3 is 0 Å². The van der Waals surface area contributed by atoms with Gasteiger partial charge in [0.1, 0.15) is 4.90 Å². The summed E-state index contributed by atoms with van der Waals surface area (Å²) >= 11 is 4.87. The maximum Gasteiger partial charge on any atom is 0.263 e. The Labute approximate surface area is 137 Å². The second-order valence-electron chi connectivity index (χ2n) is 4.77. The number of hydrogen-bond acceptors (Lipinski definition) is 4. The molecule has 1 aromatic heterocycles. The lowest BCUT2D eigenvalue weighted by molar-refractivity contribution is 0.599. The Morgan fingerprint density at radius 1 is 1.24 bits per heavy atom. The van der Waals surface area contributed by atoms with Crippen LogP contribution in [-0.2, 0) is 16.6 Å². The number of hydrogen-bond donors (Lipinski definition) is 2. The molecule has 114 valence electrons. The summed E-state index contributed by atoms with van der Waals surface area (Å²) in [4.78, 5) is 1.19. The van der Waals surface area contributed by atoms with Crippen LogP contribution in [0.1, 0.15) is 16.0 Å². The SMILES string of the molecule is CNCc1scc(C)c1S(=O)(=O)Nc1ccc(C)c(Br)c1. The molecule has 0 saturated carbocycles. The fourth-order valence-corrected chi connectivity index (χ4v) is 5.25. The number of rotatable bonds is 5. The molecule has 2 rings (SSSR count). The highest BCUT2D eigenvalue weighted by molar-refractivity contribution is 9.10. The number of nitrogens with one attached hydrogen (secondary N) is 2. The lowest BCUT2D eigenvalue weighted by Crippen LogP contribution is -2.16. The highest BCUT2D eigenvalue weighted by atomic mass is 79.9. The molecule has 2 aromatic rings. The lowest BCUT2D eigenvalue weighted by atomic mass is 10.2. The molecule has 0 fully saturated rings. The van der Waals surface area contributed by atoms with Crippen molar-refractivity contribution in [2.45, 2.75) is 25.3 Å². The van der Waals surface area contributed by atoms with E-state index < -0.39 is 10.0 Å². The van der Waals surface area contributed by atoms with Gasteiger partial charge in [-0.1, -0.05) is 22.0 Å². The predicted molar refractivity (Wildman–Crippen MR) is 91.5 cm³/mol. The van der Waals surface area contributed by atoms with Gasteiger partial charge in [0.05, 0.1) is 0 Å². The third kappa shape index (κ3) is 3.66. The summed E-state index contributed by atoms with van der Waals surface area (Å²) in [5, 5.41) is 4.87. The van der Waals surface area contributed by atoms with E-state index in [-0.39, 0.29) is 0 Å². The van der Waals surface area contributed by atoms with Crippen molar-refractivity contribution in [1.29, 1.82) is 0 Å². The van der Waals surface area contributed by atoms with Crippen LogP contribution in [0.3, 0.4) is 0 Å². The van der Waals surface area contributed by atoms with Crippen molar-refractivity contribution in [1.82, 2.24) is 5.32 Å². The van der Waals surface area contributed by atoms with Crippen LogP contribution in [0.5, 0.6) is 0 Å². The van der Waals surface area contributed by atoms with E-state index in [0.29, 0.717) is 17.1 Å². The number of halogens is 1. The fraction of sp³-hybridized carbons (Fsp3) is 0.286. The molecule has 4 nitrogen and oxygen atoms in total. The zero-order valence-corrected chi connectivity index (χ0v) is 15.2. The minimum atomic E-state index is -3.58. The first-order valence-electron chi connectivity index (χ1n) is 6.35. The summed E-state index contributed by atoms with van der Waals surface area (Å²) in [5.41, 5.74) is 2.37. The smallest absolute Gasteiger partial charge is 0.263 e. The molecule has 0 radical (unpaired) electrons. The maximum atomic E-state index is 12.6. The van der Waals surface area contributed by atoms with Crippen LogP contribution < -0.4 is 10.0 Å². The van der Waals surface area contributed by atoms with Crippen LogP contribution in [0.25, 0.3) is 0 Å². The fourth-order valence-electron chi connectivity index (χ4n) is 1.99. The molecule has 0 spiro atoms. The molecule has 0 aliphatic heterocycles. The minimum Gasteiger partial charge on any atom is -0.315 e. The number of sulfonamides is 1. The molecule has 2 N–H and O–H groups in total. The van der Waals surface area contributed by atoms with E-state index in [1.807, 2.05) is 25.3 Å². The van der Waals surface area contributed by atoms with Gasteiger partial charge < -0.3 is 5.32 Å². The Morgan fingerprint density at radius 3 is 2.57 bits per heavy atom. The molecule has 0 amide bonds. The van der Waals surface area contributed by atoms with E-state index in [1.54, 1.807) is 19.2 Å². The summed E-state index contributed by atoms with van der Waals surface area (Å²) in [6.45, 7) is 4.30. The highest BCUT2D eigenvalue weighted by Gasteiger charge is 2.23. The van der Waals surface area contributed by atoms with Crippen molar-refractivity contribution < 1.29 is 8.42 Å². The van der Waals surface area contributed by atoms with Crippen LogP contribution >= 0.6 is 27.3 Å². The average molecular weight is 389 g/mol. The summed E-state index contributed by atoms with van der Waals surface area (Å²) in [6.07, 6.45) is 0. The monoisotopic (exact) mass is 388 g/mol. The predicted octanol–water partition coefficient (Wildman–Crippen LogP) is 3.65. The first-order valence-corrected chi connectivity index (χ1v) is 9.51. The van der Waals surface area contributed by atoms with Crippen LogP contribution in [0.4, 0.5) is 5.69 Å². The Kier molecular flexibility index (Phi) is 5.08. The van der Waals surface area contributed by atoms with Gasteiger partial charge in [-0.3, -0.25) is 4.72 Å². The minimum absolute atomic E-state index is 0.374. The molecular weight excluding hydrogens is 372 g/mol. The van der Waals surface area contributed by atoms with Crippen LogP contribution in [-0.4, -0.2) is 15.5 Å². The summed E-state index contributed by atoms with van der Waals surface area (Å²) in [7, 11) is -1.78. The van der Waals surface area contributed by atoms with E-state index in [1.165, 1.54) is 11.3 Å². The van der Waals surface area contributed by atoms with E-state index in [4.69, 9.17) is 0 Å². The number of aryl methyl sites for hydroxylation is 2. The summed E-state index contributed by atoms with van der Waals surface area (Å²) in [6, 6.07) is 5.40. The van der Waals surface area contributed by atoms with Crippen LogP contribution in [0, 0.1) is 13.8 Å². The number of anilines is 1. The Morgan fingerprint density at radius 2 is 1.95 bits per heavy atom. The van der Waals surface area contributed by atoms with Crippen molar-refractivity contribution in [3.63, 3.8) is 0 Å². The van der Waals surface area contributed by atoms with Crippen molar-refractivity contribution in [3.05, 3.63) is 44.1 Å². The Balaban J connectivity index is 2.38. The first-order chi connectivity index (χ1) is 9.85. The van der Waals surface area contributed by atoms with Gasteiger partial charge in [0, 0.05) is 21.6 Å². The molecular formula is C14H17BrN2O2S2. The molecule has 21 heavy (non-hydrogen) atoms. The largest absolute Gasteiger partial charge is 0.315 e. The van der Waals surface area contributed by atoms with E-state index in [0.717, 1.165) is 20.5 Å². The normalized spacial score (nSPS) is 11.6. The summed E-state index contributed by atoms with van der Waals surface area (Å²) in [5.74, 6) is 0. The zero-order chi connectivity index (χ0) is 15.6. The molecule has 7 heteroatoms. The van der Waals surface area contributed by atoms with Gasteiger partial charge in [-0.2, -0.15) is 0 Å². The average Bonchev–Trinajstić information content (AvgIpc) is 2.76. The van der Waals surface area contributed by atoms with Crippen molar-refractivity contribution in [2.24, 2.45) is 0 Å². The quantitative estimate of drug-likeness (QED) is 0.821. The van der Waals surface area contributed by atoms with Crippen LogP contribution in [0.15, 0.2) is 32.9 Å². The molecule has 0 aliphatic carbocycles. The third-order valence-corrected chi connectivity index (χ3v) is 6.72. The topological polar surface area (TPSA) is 58.2 Å². The van der Waals surface area contributed by atoms with Crippen molar-refractivity contribution >= 4 is 43.0 Å². The summed E-state index contributed by atoms with van der Waals surface area (Å²) < 4.78 is 28.8. The Hall–Kier alpha value is -0.890. The van der Waals surface area contributed by atoms with Crippen molar-refractivity contribution in [3.8, 4) is 0 Å². The van der Waals surface area contributed by atoms with E-state index in [9.17, 15) is 8.42 Å². The van der Waals surface area contributed by atoms with E-state index in [2.05, 4.69) is 26.0 Å². The van der Waals surface area contributed by atoms with Gasteiger partial charge in [-0.05, 0) is 49.5 Å². The molecule has 0 aliphatic rings. The third-order valence-electron chi connectivity index (χ3n) is 3.02. The Bertz CT molecular complexity index is 754. The number of benzene rings is 1. The second kappa shape index (κ2) is 6.48. The standard InChI is InChI=1S/C14H17BrN2O2S2/c1-9-4-5-11(6-12(9)15)17-21(18,19)14-10(2)8-20-13(14)7-16-3/h4-6,8,16-17H,7H2,1-3H3. The molecule has 1 aromatic carbocycles. The number of thiophene rings is 1. The van der Waals surface area contributed by atoms with Gasteiger partial charge in [0.15, 0.2) is 0 Å². The zero-order valence-electron chi connectivity index (χ0n) is 12.0. The molecule has 1 heterocycles. The molecule has 0 bridgehead atoms. The highest BCUT2D eigenvalue weighted by Crippen LogP contribution is 2.29. The van der Waals surface area contributed by atoms with E-state index >= 15 is 0 Å². The molecule has 0 saturated heterocycles. The maximum absolute atomic E-state index is 12.6. The lowest BCUT2D eigenvalue weighted by Gasteiger charge is -2.11. The van der Waals surface area contributed by atoms with Gasteiger partial charge in [-0.15, -0.1) is 11.3 Å². The van der Waals surface area contributed by atoms with Crippen molar-refractivity contribution in [2.75, 3.05) is 11.8 Å². The molecule has 0 atom stereocenters. The molecule has 0 unspecified atom stereocenters. The van der Waals surface area contributed by atoms with Gasteiger partial charge in [0.25, 0.3) is 10.0 Å². The first kappa shape index (κ1) is 16.5. The second-order valence-corrected chi connectivity index (χ2v) is 8.21. The van der Waals surface area contributed by atoms with Gasteiger partial charge in [0.2, 0.25) is 0 Å².